The van der Waals surface area contributed by atoms with E-state index in [1.807, 2.05) is 23.7 Å². The van der Waals surface area contributed by atoms with Crippen LogP contribution >= 0.6 is 11.3 Å². The summed E-state index contributed by atoms with van der Waals surface area (Å²) in [6.45, 7) is 7.88. The average molecular weight is 383 g/mol. The smallest absolute Gasteiger partial charge is 0.254 e. The van der Waals surface area contributed by atoms with Gasteiger partial charge in [0.25, 0.3) is 5.91 Å². The summed E-state index contributed by atoms with van der Waals surface area (Å²) in [5.41, 5.74) is 2.40. The molecular formula is C21H26N4OS. The van der Waals surface area contributed by atoms with Crippen LogP contribution in [0.1, 0.15) is 54.0 Å². The standard InChI is InChI=1S/C21H26N4OS/c1-14(2)8-9-24(16-6-7-16)21(26)18-11-15(3)23-20-19(18)12-22-25(20)13-17-5-4-10-27-17/h4-5,10-12,14,16H,6-9,13H2,1-3H3. The van der Waals surface area contributed by atoms with Crippen LogP contribution < -0.4 is 0 Å². The molecule has 0 unspecified atom stereocenters. The van der Waals surface area contributed by atoms with Gasteiger partial charge in [-0.15, -0.1) is 11.3 Å². The predicted octanol–water partition coefficient (Wildman–Crippen LogP) is 4.50. The molecule has 0 aliphatic heterocycles. The average Bonchev–Trinajstić information content (AvgIpc) is 3.19. The molecule has 1 amide bonds. The lowest BCUT2D eigenvalue weighted by Gasteiger charge is -2.24. The largest absolute Gasteiger partial charge is 0.336 e. The summed E-state index contributed by atoms with van der Waals surface area (Å²) in [4.78, 5) is 21.4. The second-order valence-electron chi connectivity index (χ2n) is 7.84. The number of aromatic nitrogens is 3. The fourth-order valence-corrected chi connectivity index (χ4v) is 4.09. The number of pyridine rings is 1. The highest BCUT2D eigenvalue weighted by Crippen LogP contribution is 2.30. The molecule has 0 atom stereocenters. The number of carbonyl (C=O) groups excluding carboxylic acids is 1. The van der Waals surface area contributed by atoms with E-state index in [2.05, 4.69) is 40.3 Å². The second-order valence-corrected chi connectivity index (χ2v) is 8.87. The van der Waals surface area contributed by atoms with E-state index in [0.717, 1.165) is 48.1 Å². The lowest BCUT2D eigenvalue weighted by atomic mass is 10.1. The van der Waals surface area contributed by atoms with E-state index < -0.39 is 0 Å². The molecule has 1 fully saturated rings. The topological polar surface area (TPSA) is 51.0 Å². The maximum absolute atomic E-state index is 13.4. The van der Waals surface area contributed by atoms with Crippen molar-refractivity contribution in [2.75, 3.05) is 6.54 Å². The third kappa shape index (κ3) is 3.90. The molecule has 3 aromatic rings. The van der Waals surface area contributed by atoms with Crippen LogP contribution in [0, 0.1) is 12.8 Å². The number of fused-ring (bicyclic) bond motifs is 1. The zero-order chi connectivity index (χ0) is 19.0. The van der Waals surface area contributed by atoms with E-state index in [-0.39, 0.29) is 5.91 Å². The van der Waals surface area contributed by atoms with Crippen LogP contribution in [-0.2, 0) is 6.54 Å². The zero-order valence-electron chi connectivity index (χ0n) is 16.2. The summed E-state index contributed by atoms with van der Waals surface area (Å²) < 4.78 is 1.90. The minimum Gasteiger partial charge on any atom is -0.336 e. The molecule has 1 saturated carbocycles. The Bertz CT molecular complexity index is 941. The Morgan fingerprint density at radius 2 is 2.22 bits per heavy atom. The molecule has 3 heterocycles. The number of hydrogen-bond donors (Lipinski definition) is 0. The molecule has 4 rings (SSSR count). The summed E-state index contributed by atoms with van der Waals surface area (Å²) >= 11 is 1.71. The fourth-order valence-electron chi connectivity index (χ4n) is 3.40. The number of amides is 1. The van der Waals surface area contributed by atoms with Crippen molar-refractivity contribution in [3.05, 3.63) is 45.9 Å². The van der Waals surface area contributed by atoms with Crippen molar-refractivity contribution in [3.63, 3.8) is 0 Å². The van der Waals surface area contributed by atoms with E-state index in [0.29, 0.717) is 18.5 Å². The molecule has 1 aliphatic carbocycles. The van der Waals surface area contributed by atoms with Gasteiger partial charge in [-0.1, -0.05) is 19.9 Å². The van der Waals surface area contributed by atoms with Gasteiger partial charge in [0.2, 0.25) is 0 Å². The van der Waals surface area contributed by atoms with Crippen molar-refractivity contribution < 1.29 is 4.79 Å². The van der Waals surface area contributed by atoms with Gasteiger partial charge in [-0.2, -0.15) is 5.10 Å². The first kappa shape index (κ1) is 18.2. The third-order valence-electron chi connectivity index (χ3n) is 5.05. The number of nitrogens with zero attached hydrogens (tertiary/aromatic N) is 4. The lowest BCUT2D eigenvalue weighted by Crippen LogP contribution is -2.34. The maximum atomic E-state index is 13.4. The monoisotopic (exact) mass is 382 g/mol. The molecule has 0 spiro atoms. The number of aryl methyl sites for hydroxylation is 1. The van der Waals surface area contributed by atoms with Gasteiger partial charge in [-0.05, 0) is 49.6 Å². The highest BCUT2D eigenvalue weighted by atomic mass is 32.1. The van der Waals surface area contributed by atoms with Gasteiger partial charge in [0.05, 0.1) is 23.7 Å². The normalized spacial score (nSPS) is 14.2. The maximum Gasteiger partial charge on any atom is 0.254 e. The van der Waals surface area contributed by atoms with Gasteiger partial charge in [0.1, 0.15) is 0 Å². The summed E-state index contributed by atoms with van der Waals surface area (Å²) in [6.07, 6.45) is 5.08. The predicted molar refractivity (Wildman–Crippen MR) is 109 cm³/mol. The van der Waals surface area contributed by atoms with Crippen molar-refractivity contribution in [1.29, 1.82) is 0 Å². The Morgan fingerprint density at radius 1 is 1.41 bits per heavy atom. The third-order valence-corrected chi connectivity index (χ3v) is 5.91. The molecule has 27 heavy (non-hydrogen) atoms. The molecular weight excluding hydrogens is 356 g/mol. The quantitative estimate of drug-likeness (QED) is 0.604. The molecule has 142 valence electrons. The summed E-state index contributed by atoms with van der Waals surface area (Å²) in [6, 6.07) is 6.47. The van der Waals surface area contributed by atoms with Crippen molar-refractivity contribution >= 4 is 28.3 Å². The van der Waals surface area contributed by atoms with Crippen LogP contribution in [0.15, 0.2) is 29.8 Å². The van der Waals surface area contributed by atoms with E-state index in [1.54, 1.807) is 17.5 Å². The summed E-state index contributed by atoms with van der Waals surface area (Å²) in [7, 11) is 0. The first-order chi connectivity index (χ1) is 13.0. The number of carbonyl (C=O) groups is 1. The molecule has 0 radical (unpaired) electrons. The fraction of sp³-hybridized carbons (Fsp3) is 0.476. The Labute approximate surface area is 164 Å². The highest BCUT2D eigenvalue weighted by molar-refractivity contribution is 7.09. The second kappa shape index (κ2) is 7.43. The zero-order valence-corrected chi connectivity index (χ0v) is 17.0. The van der Waals surface area contributed by atoms with E-state index >= 15 is 0 Å². The molecule has 6 heteroatoms. The minimum atomic E-state index is 0.129. The van der Waals surface area contributed by atoms with Crippen LogP contribution in [0.25, 0.3) is 11.0 Å². The molecule has 0 saturated heterocycles. The Morgan fingerprint density at radius 3 is 2.89 bits per heavy atom. The first-order valence-electron chi connectivity index (χ1n) is 9.69. The van der Waals surface area contributed by atoms with Crippen LogP contribution in [-0.4, -0.2) is 38.2 Å². The number of thiophene rings is 1. The molecule has 0 bridgehead atoms. The number of rotatable bonds is 7. The number of hydrogen-bond acceptors (Lipinski definition) is 4. The molecule has 5 nitrogen and oxygen atoms in total. The Hall–Kier alpha value is -2.21. The molecule has 3 aromatic heterocycles. The Kier molecular flexibility index (Phi) is 5.00. The van der Waals surface area contributed by atoms with E-state index in [9.17, 15) is 4.79 Å². The van der Waals surface area contributed by atoms with Crippen molar-refractivity contribution in [1.82, 2.24) is 19.7 Å². The Balaban J connectivity index is 1.68. The van der Waals surface area contributed by atoms with Crippen molar-refractivity contribution in [3.8, 4) is 0 Å². The highest BCUT2D eigenvalue weighted by Gasteiger charge is 2.33. The summed E-state index contributed by atoms with van der Waals surface area (Å²) in [5.74, 6) is 0.719. The van der Waals surface area contributed by atoms with E-state index in [1.165, 1.54) is 4.88 Å². The van der Waals surface area contributed by atoms with Gasteiger partial charge >= 0.3 is 0 Å². The van der Waals surface area contributed by atoms with Gasteiger partial charge < -0.3 is 4.90 Å². The van der Waals surface area contributed by atoms with Crippen LogP contribution in [0.3, 0.4) is 0 Å². The SMILES string of the molecule is Cc1cc(C(=O)N(CCC(C)C)C2CC2)c2cnn(Cc3cccs3)c2n1. The van der Waals surface area contributed by atoms with Gasteiger partial charge in [-0.3, -0.25) is 4.79 Å². The molecule has 1 aliphatic rings. The summed E-state index contributed by atoms with van der Waals surface area (Å²) in [5, 5.41) is 7.46. The van der Waals surface area contributed by atoms with Crippen LogP contribution in [0.2, 0.25) is 0 Å². The van der Waals surface area contributed by atoms with Gasteiger partial charge in [-0.25, -0.2) is 9.67 Å². The molecule has 0 N–H and O–H groups in total. The van der Waals surface area contributed by atoms with E-state index in [4.69, 9.17) is 0 Å². The lowest BCUT2D eigenvalue weighted by molar-refractivity contribution is 0.0737. The van der Waals surface area contributed by atoms with Gasteiger partial charge in [0, 0.05) is 23.2 Å². The first-order valence-corrected chi connectivity index (χ1v) is 10.6. The van der Waals surface area contributed by atoms with Gasteiger partial charge in [0.15, 0.2) is 5.65 Å². The van der Waals surface area contributed by atoms with Crippen molar-refractivity contribution in [2.45, 2.75) is 52.6 Å². The minimum absolute atomic E-state index is 0.129. The van der Waals surface area contributed by atoms with Crippen molar-refractivity contribution in [2.24, 2.45) is 5.92 Å². The van der Waals surface area contributed by atoms with Crippen LogP contribution in [0.5, 0.6) is 0 Å². The molecule has 0 aromatic carbocycles. The van der Waals surface area contributed by atoms with Crippen LogP contribution in [0.4, 0.5) is 0 Å².